The SMILES string of the molecule is C[C@]12CC[C@H]3[C@]4(C=C[C@@]5(C=C4C(=O)Cc4c(F)cccc4Cl)CC(O)CC[C@]35C)[C@@H]1CC[C@@]2(O)CN(C[C@@H](O)COCc1ccccc1)CC12CC3CC(CC(C3)C1)C2. The summed E-state index contributed by atoms with van der Waals surface area (Å²) in [7, 11) is 0. The molecule has 3 N–H and O–H groups in total. The van der Waals surface area contributed by atoms with Gasteiger partial charge in [0.25, 0.3) is 0 Å². The normalized spacial score (nSPS) is 43.0. The largest absolute Gasteiger partial charge is 0.393 e. The number of aliphatic hydroxyl groups is 3. The maximum Gasteiger partial charge on any atom is 0.164 e. The van der Waals surface area contributed by atoms with Gasteiger partial charge in [0.2, 0.25) is 0 Å². The number of Topliss-reactive ketones (excluding diaryl/α,β-unsaturated/α-hetero) is 1. The monoisotopic (exact) mass is 825 g/mol. The minimum Gasteiger partial charge on any atom is -0.393 e. The van der Waals surface area contributed by atoms with Crippen molar-refractivity contribution in [1.82, 2.24) is 4.90 Å². The summed E-state index contributed by atoms with van der Waals surface area (Å²) < 4.78 is 21.4. The molecule has 6 nitrogen and oxygen atoms in total. The summed E-state index contributed by atoms with van der Waals surface area (Å²) >= 11 is 6.56. The number of fused-ring (bicyclic) bond motifs is 1. The number of benzene rings is 2. The summed E-state index contributed by atoms with van der Waals surface area (Å²) in [6.07, 6.45) is 18.8. The van der Waals surface area contributed by atoms with E-state index in [4.69, 9.17) is 16.3 Å². The van der Waals surface area contributed by atoms with Crippen LogP contribution in [0.25, 0.3) is 0 Å². The molecule has 9 atom stereocenters. The second-order valence-corrected chi connectivity index (χ2v) is 22.3. The smallest absolute Gasteiger partial charge is 0.164 e. The van der Waals surface area contributed by atoms with Crippen molar-refractivity contribution in [2.24, 2.45) is 56.7 Å². The molecule has 6 bridgehead atoms. The Morgan fingerprint density at radius 3 is 2.27 bits per heavy atom. The molecule has 2 aromatic carbocycles. The third kappa shape index (κ3) is 6.43. The lowest BCUT2D eigenvalue weighted by atomic mass is 9.32. The second-order valence-electron chi connectivity index (χ2n) is 21.9. The summed E-state index contributed by atoms with van der Waals surface area (Å²) in [5.74, 6) is 1.97. The molecule has 318 valence electrons. The fourth-order valence-corrected chi connectivity index (χ4v) is 16.6. The number of halogens is 2. The van der Waals surface area contributed by atoms with Crippen LogP contribution < -0.4 is 0 Å². The molecule has 2 spiro atoms. The van der Waals surface area contributed by atoms with Gasteiger partial charge in [0.1, 0.15) is 5.82 Å². The highest BCUT2D eigenvalue weighted by Crippen LogP contribution is 2.78. The molecule has 7 fully saturated rings. The molecule has 0 aliphatic heterocycles. The standard InChI is InChI=1S/C51H65ClFNO5/c1-46-14-11-37(55)26-49(46)17-18-51(40(27-49)43(57)22-39-41(52)9-6-10-42(39)53)44(46)12-15-47(2)45(51)13-16-50(47,58)32-54(28-38(56)30-59-29-33-7-4-3-5-8-33)31-48-23-34-19-35(24-48)21-36(20-34)25-48/h3-10,17-18,27,34-38,44-45,55-56,58H,11-16,19-26,28-32H2,1-2H3/t34?,35?,36?,37?,38-,44-,45-,46-,47+,48?,49+,50-,51-/m1/s1. The first-order valence-electron chi connectivity index (χ1n) is 23.0. The third-order valence-corrected chi connectivity index (χ3v) is 18.9. The quantitative estimate of drug-likeness (QED) is 0.175. The van der Waals surface area contributed by atoms with E-state index in [0.29, 0.717) is 32.5 Å². The number of rotatable bonds is 13. The Morgan fingerprint density at radius 2 is 1.56 bits per heavy atom. The van der Waals surface area contributed by atoms with Crippen LogP contribution in [0.1, 0.15) is 108 Å². The highest BCUT2D eigenvalue weighted by Gasteiger charge is 2.74. The fourth-order valence-electron chi connectivity index (χ4n) is 16.4. The van der Waals surface area contributed by atoms with Gasteiger partial charge in [-0.25, -0.2) is 4.39 Å². The number of carbonyl (C=O) groups is 1. The molecule has 1 unspecified atom stereocenters. The predicted molar refractivity (Wildman–Crippen MR) is 228 cm³/mol. The summed E-state index contributed by atoms with van der Waals surface area (Å²) in [6.45, 7) is 7.19. The van der Waals surface area contributed by atoms with E-state index in [1.165, 1.54) is 44.6 Å². The minimum atomic E-state index is -1.04. The zero-order valence-corrected chi connectivity index (χ0v) is 35.9. The van der Waals surface area contributed by atoms with Crippen LogP contribution in [0.15, 0.2) is 72.3 Å². The van der Waals surface area contributed by atoms with Crippen molar-refractivity contribution < 1.29 is 29.2 Å². The van der Waals surface area contributed by atoms with Crippen molar-refractivity contribution in [1.29, 1.82) is 0 Å². The van der Waals surface area contributed by atoms with Crippen LogP contribution in [-0.4, -0.2) is 70.1 Å². The van der Waals surface area contributed by atoms with Gasteiger partial charge in [-0.2, -0.15) is 0 Å². The maximum absolute atomic E-state index is 15.3. The number of nitrogens with zero attached hydrogens (tertiary/aromatic N) is 1. The summed E-state index contributed by atoms with van der Waals surface area (Å²) in [5.41, 5.74) is -0.522. The molecule has 10 aliphatic rings. The van der Waals surface area contributed by atoms with E-state index in [2.05, 4.69) is 37.0 Å². The molecule has 59 heavy (non-hydrogen) atoms. The molecule has 0 aromatic heterocycles. The average molecular weight is 827 g/mol. The van der Waals surface area contributed by atoms with Gasteiger partial charge in [0.05, 0.1) is 31.0 Å². The van der Waals surface area contributed by atoms with Gasteiger partial charge in [-0.15, -0.1) is 0 Å². The van der Waals surface area contributed by atoms with Crippen LogP contribution in [0.4, 0.5) is 4.39 Å². The van der Waals surface area contributed by atoms with Crippen molar-refractivity contribution in [3.05, 3.63) is 94.3 Å². The van der Waals surface area contributed by atoms with Crippen molar-refractivity contribution in [3.63, 3.8) is 0 Å². The third-order valence-electron chi connectivity index (χ3n) is 18.5. The fraction of sp³-hybridized carbons (Fsp3) is 0.667. The molecule has 7 saturated carbocycles. The summed E-state index contributed by atoms with van der Waals surface area (Å²) in [6, 6.07) is 14.7. The Balaban J connectivity index is 0.973. The van der Waals surface area contributed by atoms with Crippen LogP contribution >= 0.6 is 11.6 Å². The van der Waals surface area contributed by atoms with Crippen LogP contribution in [-0.2, 0) is 22.6 Å². The number of allylic oxidation sites excluding steroid dienone is 4. The molecule has 8 heteroatoms. The summed E-state index contributed by atoms with van der Waals surface area (Å²) in [4.78, 5) is 17.4. The molecule has 0 radical (unpaired) electrons. The van der Waals surface area contributed by atoms with E-state index in [1.807, 2.05) is 30.3 Å². The molecule has 0 heterocycles. The highest BCUT2D eigenvalue weighted by atomic mass is 35.5. The Kier molecular flexibility index (Phi) is 10.1. The number of hydrogen-bond acceptors (Lipinski definition) is 6. The lowest BCUT2D eigenvalue weighted by molar-refractivity contribution is -0.182. The number of aliphatic hydroxyl groups excluding tert-OH is 2. The first kappa shape index (κ1) is 40.7. The highest BCUT2D eigenvalue weighted by molar-refractivity contribution is 6.31. The van der Waals surface area contributed by atoms with Crippen molar-refractivity contribution in [2.45, 2.75) is 128 Å². The van der Waals surface area contributed by atoms with E-state index in [-0.39, 0.29) is 52.1 Å². The van der Waals surface area contributed by atoms with E-state index in [9.17, 15) is 20.1 Å². The lowest BCUT2D eigenvalue weighted by Gasteiger charge is -2.71. The van der Waals surface area contributed by atoms with Gasteiger partial charge in [0.15, 0.2) is 5.78 Å². The van der Waals surface area contributed by atoms with Gasteiger partial charge < -0.3 is 20.1 Å². The van der Waals surface area contributed by atoms with Gasteiger partial charge in [0, 0.05) is 58.5 Å². The Hall–Kier alpha value is -2.39. The Bertz CT molecular complexity index is 1970. The van der Waals surface area contributed by atoms with Crippen molar-refractivity contribution >= 4 is 17.4 Å². The van der Waals surface area contributed by atoms with Crippen LogP contribution in [0.2, 0.25) is 5.02 Å². The second kappa shape index (κ2) is 14.6. The summed E-state index contributed by atoms with van der Waals surface area (Å²) in [5, 5.41) is 36.5. The zero-order chi connectivity index (χ0) is 41.0. The number of ketones is 1. The molecule has 2 aromatic rings. The average Bonchev–Trinajstić information content (AvgIpc) is 3.45. The maximum atomic E-state index is 15.3. The van der Waals surface area contributed by atoms with Crippen LogP contribution in [0, 0.1) is 62.5 Å². The Labute approximate surface area is 355 Å². The minimum absolute atomic E-state index is 0.0104. The topological polar surface area (TPSA) is 90.2 Å². The van der Waals surface area contributed by atoms with E-state index < -0.39 is 39.9 Å². The molecular formula is C51H65ClFNO5. The lowest BCUT2D eigenvalue weighted by Crippen LogP contribution is -2.67. The van der Waals surface area contributed by atoms with E-state index in [1.54, 1.807) is 12.1 Å². The number of carbonyl (C=O) groups excluding carboxylic acids is 1. The van der Waals surface area contributed by atoms with Gasteiger partial charge in [-0.3, -0.25) is 9.69 Å². The Morgan fingerprint density at radius 1 is 0.881 bits per heavy atom. The first-order chi connectivity index (χ1) is 28.2. The van der Waals surface area contributed by atoms with Crippen LogP contribution in [0.5, 0.6) is 0 Å². The number of ether oxygens (including phenoxy) is 1. The first-order valence-corrected chi connectivity index (χ1v) is 23.4. The van der Waals surface area contributed by atoms with Crippen LogP contribution in [0.3, 0.4) is 0 Å². The molecule has 12 rings (SSSR count). The van der Waals surface area contributed by atoms with Crippen molar-refractivity contribution in [3.8, 4) is 0 Å². The number of hydrogen-bond donors (Lipinski definition) is 3. The molecule has 0 amide bonds. The van der Waals surface area contributed by atoms with E-state index >= 15 is 4.39 Å². The predicted octanol–water partition coefficient (Wildman–Crippen LogP) is 9.28. The van der Waals surface area contributed by atoms with Gasteiger partial charge in [-0.05, 0) is 142 Å². The molecule has 0 saturated heterocycles. The molecular weight excluding hydrogens is 761 g/mol. The van der Waals surface area contributed by atoms with Gasteiger partial charge >= 0.3 is 0 Å². The van der Waals surface area contributed by atoms with E-state index in [0.717, 1.165) is 67.5 Å². The van der Waals surface area contributed by atoms with Gasteiger partial charge in [-0.1, -0.05) is 80.1 Å². The zero-order valence-electron chi connectivity index (χ0n) is 35.2. The van der Waals surface area contributed by atoms with Crippen molar-refractivity contribution in [2.75, 3.05) is 26.2 Å². The molecule has 10 aliphatic carbocycles.